The number of halogens is 2. The minimum atomic E-state index is -0.577. The normalized spacial score (nSPS) is 12.0. The maximum absolute atomic E-state index is 13.6. The standard InChI is InChI=1S/C15H10BrFN2OS/c1-19-13-10(16)6-4-8-12(13)21-15(19)18-14(20)9-5-2-3-7-11(9)17/h2-8H,1H3. The molecule has 0 aliphatic rings. The van der Waals surface area contributed by atoms with Crippen molar-refractivity contribution in [2.45, 2.75) is 0 Å². The lowest BCUT2D eigenvalue weighted by Gasteiger charge is -1.98. The van der Waals surface area contributed by atoms with Gasteiger partial charge < -0.3 is 4.57 Å². The van der Waals surface area contributed by atoms with E-state index in [9.17, 15) is 9.18 Å². The molecule has 0 fully saturated rings. The molecular weight excluding hydrogens is 355 g/mol. The van der Waals surface area contributed by atoms with E-state index in [2.05, 4.69) is 20.9 Å². The highest BCUT2D eigenvalue weighted by Gasteiger charge is 2.11. The Bertz CT molecular complexity index is 913. The highest BCUT2D eigenvalue weighted by Crippen LogP contribution is 2.24. The van der Waals surface area contributed by atoms with Gasteiger partial charge >= 0.3 is 0 Å². The van der Waals surface area contributed by atoms with E-state index < -0.39 is 11.7 Å². The van der Waals surface area contributed by atoms with Crippen molar-refractivity contribution in [3.63, 3.8) is 0 Å². The van der Waals surface area contributed by atoms with Crippen LogP contribution in [-0.2, 0) is 7.05 Å². The van der Waals surface area contributed by atoms with Gasteiger partial charge in [-0.1, -0.05) is 29.5 Å². The largest absolute Gasteiger partial charge is 0.318 e. The van der Waals surface area contributed by atoms with Crippen LogP contribution in [0, 0.1) is 5.82 Å². The quantitative estimate of drug-likeness (QED) is 0.645. The SMILES string of the molecule is Cn1c(=NC(=O)c2ccccc2F)sc2cccc(Br)c21. The lowest BCUT2D eigenvalue weighted by atomic mass is 10.2. The van der Waals surface area contributed by atoms with Crippen molar-refractivity contribution in [2.24, 2.45) is 12.0 Å². The second-order valence-electron chi connectivity index (χ2n) is 4.43. The summed E-state index contributed by atoms with van der Waals surface area (Å²) in [6.07, 6.45) is 0. The summed E-state index contributed by atoms with van der Waals surface area (Å²) in [5, 5.41) is 0. The summed E-state index contributed by atoms with van der Waals surface area (Å²) in [5.74, 6) is -1.14. The Hall–Kier alpha value is -1.79. The Balaban J connectivity index is 2.17. The number of para-hydroxylation sites is 1. The average molecular weight is 365 g/mol. The van der Waals surface area contributed by atoms with Crippen molar-refractivity contribution in [1.82, 2.24) is 4.57 Å². The van der Waals surface area contributed by atoms with Crippen molar-refractivity contribution in [3.8, 4) is 0 Å². The average Bonchev–Trinajstić information content (AvgIpc) is 2.77. The molecule has 0 bridgehead atoms. The van der Waals surface area contributed by atoms with Crippen LogP contribution in [-0.4, -0.2) is 10.5 Å². The highest BCUT2D eigenvalue weighted by molar-refractivity contribution is 9.10. The number of thiazole rings is 1. The van der Waals surface area contributed by atoms with Crippen LogP contribution in [0.2, 0.25) is 0 Å². The van der Waals surface area contributed by atoms with Crippen LogP contribution in [0.15, 0.2) is 51.9 Å². The predicted molar refractivity (Wildman–Crippen MR) is 84.8 cm³/mol. The number of benzene rings is 2. The Kier molecular flexibility index (Phi) is 3.73. The fraction of sp³-hybridized carbons (Fsp3) is 0.0667. The molecule has 3 rings (SSSR count). The van der Waals surface area contributed by atoms with E-state index in [-0.39, 0.29) is 5.56 Å². The molecule has 2 aromatic carbocycles. The lowest BCUT2D eigenvalue weighted by molar-refractivity contribution is 0.0994. The second kappa shape index (κ2) is 5.54. The van der Waals surface area contributed by atoms with Gasteiger partial charge in [0.15, 0.2) is 4.80 Å². The van der Waals surface area contributed by atoms with Crippen LogP contribution in [0.1, 0.15) is 10.4 Å². The van der Waals surface area contributed by atoms with E-state index in [0.29, 0.717) is 4.80 Å². The fourth-order valence-corrected chi connectivity index (χ4v) is 3.85. The van der Waals surface area contributed by atoms with Gasteiger partial charge in [-0.15, -0.1) is 0 Å². The molecule has 3 nitrogen and oxygen atoms in total. The monoisotopic (exact) mass is 364 g/mol. The molecule has 3 aromatic rings. The maximum atomic E-state index is 13.6. The zero-order chi connectivity index (χ0) is 15.0. The van der Waals surface area contributed by atoms with Gasteiger partial charge in [-0.3, -0.25) is 4.79 Å². The summed E-state index contributed by atoms with van der Waals surface area (Å²) in [4.78, 5) is 16.7. The number of carbonyl (C=O) groups is 1. The molecule has 0 aliphatic carbocycles. The van der Waals surface area contributed by atoms with Crippen LogP contribution in [0.4, 0.5) is 4.39 Å². The van der Waals surface area contributed by atoms with Gasteiger partial charge in [0, 0.05) is 11.5 Å². The molecule has 21 heavy (non-hydrogen) atoms. The van der Waals surface area contributed by atoms with Crippen molar-refractivity contribution in [2.75, 3.05) is 0 Å². The first-order valence-corrected chi connectivity index (χ1v) is 7.76. The van der Waals surface area contributed by atoms with E-state index in [1.807, 2.05) is 29.8 Å². The molecule has 6 heteroatoms. The zero-order valence-corrected chi connectivity index (χ0v) is 13.4. The Labute approximate surface area is 132 Å². The summed E-state index contributed by atoms with van der Waals surface area (Å²) in [6, 6.07) is 11.7. The second-order valence-corrected chi connectivity index (χ2v) is 6.29. The molecule has 0 atom stereocenters. The van der Waals surface area contributed by atoms with Crippen LogP contribution >= 0.6 is 27.3 Å². The molecule has 1 heterocycles. The number of aromatic nitrogens is 1. The summed E-state index contributed by atoms with van der Waals surface area (Å²) < 4.78 is 17.4. The number of rotatable bonds is 1. The van der Waals surface area contributed by atoms with Gasteiger partial charge in [-0.25, -0.2) is 4.39 Å². The number of nitrogens with zero attached hydrogens (tertiary/aromatic N) is 2. The molecule has 0 N–H and O–H groups in total. The third-order valence-corrected chi connectivity index (χ3v) is 4.81. The van der Waals surface area contributed by atoms with Gasteiger partial charge in [-0.2, -0.15) is 4.99 Å². The zero-order valence-electron chi connectivity index (χ0n) is 11.0. The first-order valence-electron chi connectivity index (χ1n) is 6.15. The predicted octanol–water partition coefficient (Wildman–Crippen LogP) is 3.88. The minimum absolute atomic E-state index is 0.0194. The molecule has 106 valence electrons. The minimum Gasteiger partial charge on any atom is -0.318 e. The van der Waals surface area contributed by atoms with Crippen LogP contribution in [0.5, 0.6) is 0 Å². The molecule has 0 aliphatic heterocycles. The fourth-order valence-electron chi connectivity index (χ4n) is 2.05. The van der Waals surface area contributed by atoms with Crippen LogP contribution in [0.25, 0.3) is 10.2 Å². The molecule has 0 radical (unpaired) electrons. The number of fused-ring (bicyclic) bond motifs is 1. The number of aryl methyl sites for hydroxylation is 1. The lowest BCUT2D eigenvalue weighted by Crippen LogP contribution is -2.14. The number of hydrogen-bond donors (Lipinski definition) is 0. The third kappa shape index (κ3) is 2.56. The summed E-state index contributed by atoms with van der Waals surface area (Å²) in [5.41, 5.74) is 0.941. The smallest absolute Gasteiger partial charge is 0.282 e. The van der Waals surface area contributed by atoms with E-state index in [0.717, 1.165) is 14.7 Å². The van der Waals surface area contributed by atoms with Crippen molar-refractivity contribution < 1.29 is 9.18 Å². The topological polar surface area (TPSA) is 34.4 Å². The van der Waals surface area contributed by atoms with E-state index in [1.54, 1.807) is 12.1 Å². The van der Waals surface area contributed by atoms with Crippen LogP contribution in [0.3, 0.4) is 0 Å². The van der Waals surface area contributed by atoms with Gasteiger partial charge in [0.2, 0.25) is 0 Å². The van der Waals surface area contributed by atoms with Crippen molar-refractivity contribution in [3.05, 3.63) is 63.1 Å². The Morgan fingerprint density at radius 2 is 2.00 bits per heavy atom. The Morgan fingerprint density at radius 3 is 2.71 bits per heavy atom. The summed E-state index contributed by atoms with van der Waals surface area (Å²) >= 11 is 4.87. The number of carbonyl (C=O) groups excluding carboxylic acids is 1. The molecule has 0 saturated heterocycles. The van der Waals surface area contributed by atoms with Crippen molar-refractivity contribution in [1.29, 1.82) is 0 Å². The number of amides is 1. The van der Waals surface area contributed by atoms with E-state index in [4.69, 9.17) is 0 Å². The molecule has 0 unspecified atom stereocenters. The molecule has 0 saturated carbocycles. The van der Waals surface area contributed by atoms with Crippen molar-refractivity contribution >= 4 is 43.4 Å². The first kappa shape index (κ1) is 14.2. The van der Waals surface area contributed by atoms with Gasteiger partial charge in [0.1, 0.15) is 5.82 Å². The van der Waals surface area contributed by atoms with Gasteiger partial charge in [0.25, 0.3) is 5.91 Å². The summed E-state index contributed by atoms with van der Waals surface area (Å²) in [6.45, 7) is 0. The number of hydrogen-bond acceptors (Lipinski definition) is 2. The van der Waals surface area contributed by atoms with Crippen LogP contribution < -0.4 is 4.80 Å². The van der Waals surface area contributed by atoms with Gasteiger partial charge in [-0.05, 0) is 40.2 Å². The first-order chi connectivity index (χ1) is 10.1. The molecule has 0 spiro atoms. The van der Waals surface area contributed by atoms with E-state index >= 15 is 0 Å². The molecule has 1 aromatic heterocycles. The van der Waals surface area contributed by atoms with Gasteiger partial charge in [0.05, 0.1) is 15.8 Å². The van der Waals surface area contributed by atoms with E-state index in [1.165, 1.54) is 23.5 Å². The highest BCUT2D eigenvalue weighted by atomic mass is 79.9. The third-order valence-electron chi connectivity index (χ3n) is 3.07. The maximum Gasteiger partial charge on any atom is 0.282 e. The molecule has 1 amide bonds. The molecular formula is C15H10BrFN2OS. The summed E-state index contributed by atoms with van der Waals surface area (Å²) in [7, 11) is 1.83. The Morgan fingerprint density at radius 1 is 1.24 bits per heavy atom.